The zero-order chi connectivity index (χ0) is 20.4. The van der Waals surface area contributed by atoms with Gasteiger partial charge in [0, 0.05) is 6.07 Å². The van der Waals surface area contributed by atoms with E-state index in [0.717, 1.165) is 11.3 Å². The molecule has 0 radical (unpaired) electrons. The SMILES string of the molecule is C=CCc1ccccc1OCC#CCNS(=O)(=O)c1ccc(OC)c(OC)c1. The Bertz CT molecular complexity index is 974. The van der Waals surface area contributed by atoms with Crippen LogP contribution in [0.15, 0.2) is 60.0 Å². The zero-order valence-electron chi connectivity index (χ0n) is 15.9. The summed E-state index contributed by atoms with van der Waals surface area (Å²) in [5.41, 5.74) is 1.02. The summed E-state index contributed by atoms with van der Waals surface area (Å²) in [5, 5.41) is 0. The van der Waals surface area contributed by atoms with Crippen LogP contribution < -0.4 is 18.9 Å². The average Bonchev–Trinajstić information content (AvgIpc) is 2.71. The number of para-hydroxylation sites is 1. The van der Waals surface area contributed by atoms with Crippen LogP contribution in [0.2, 0.25) is 0 Å². The maximum atomic E-state index is 12.4. The van der Waals surface area contributed by atoms with Crippen molar-refractivity contribution in [1.82, 2.24) is 4.72 Å². The van der Waals surface area contributed by atoms with Crippen LogP contribution in [0, 0.1) is 11.8 Å². The van der Waals surface area contributed by atoms with Crippen molar-refractivity contribution in [3.8, 4) is 29.1 Å². The van der Waals surface area contributed by atoms with E-state index in [0.29, 0.717) is 17.9 Å². The first kappa shape index (κ1) is 21.4. The van der Waals surface area contributed by atoms with Crippen LogP contribution in [-0.4, -0.2) is 35.8 Å². The maximum absolute atomic E-state index is 12.4. The van der Waals surface area contributed by atoms with Crippen molar-refractivity contribution in [2.24, 2.45) is 0 Å². The van der Waals surface area contributed by atoms with Gasteiger partial charge >= 0.3 is 0 Å². The minimum absolute atomic E-state index is 0.0334. The van der Waals surface area contributed by atoms with E-state index in [2.05, 4.69) is 23.1 Å². The predicted molar refractivity (Wildman–Crippen MR) is 108 cm³/mol. The molecule has 0 amide bonds. The van der Waals surface area contributed by atoms with Crippen LogP contribution in [0.25, 0.3) is 0 Å². The Hall–Kier alpha value is -2.95. The number of nitrogens with one attached hydrogen (secondary N) is 1. The molecule has 2 aromatic rings. The van der Waals surface area contributed by atoms with Crippen LogP contribution in [0.5, 0.6) is 17.2 Å². The molecular weight excluding hydrogens is 378 g/mol. The van der Waals surface area contributed by atoms with Gasteiger partial charge in [0.2, 0.25) is 10.0 Å². The topological polar surface area (TPSA) is 73.9 Å². The molecule has 0 aliphatic heterocycles. The normalized spacial score (nSPS) is 10.5. The quantitative estimate of drug-likeness (QED) is 0.517. The van der Waals surface area contributed by atoms with E-state index in [-0.39, 0.29) is 18.0 Å². The number of hydrogen-bond acceptors (Lipinski definition) is 5. The van der Waals surface area contributed by atoms with Crippen molar-refractivity contribution < 1.29 is 22.6 Å². The van der Waals surface area contributed by atoms with E-state index in [4.69, 9.17) is 14.2 Å². The predicted octanol–water partition coefficient (Wildman–Crippen LogP) is 2.79. The Morgan fingerprint density at radius 2 is 1.79 bits per heavy atom. The Balaban J connectivity index is 1.92. The van der Waals surface area contributed by atoms with Crippen molar-refractivity contribution in [3.63, 3.8) is 0 Å². The molecule has 1 N–H and O–H groups in total. The lowest BCUT2D eigenvalue weighted by molar-refractivity contribution is 0.354. The summed E-state index contributed by atoms with van der Waals surface area (Å²) in [6.07, 6.45) is 2.51. The molecule has 2 rings (SSSR count). The van der Waals surface area contributed by atoms with E-state index in [9.17, 15) is 8.42 Å². The minimum Gasteiger partial charge on any atom is -0.493 e. The highest BCUT2D eigenvalue weighted by molar-refractivity contribution is 7.89. The molecule has 0 heterocycles. The number of ether oxygens (including phenoxy) is 3. The van der Waals surface area contributed by atoms with Gasteiger partial charge in [0.1, 0.15) is 12.4 Å². The number of methoxy groups -OCH3 is 2. The van der Waals surface area contributed by atoms with Gasteiger partial charge in [-0.25, -0.2) is 8.42 Å². The summed E-state index contributed by atoms with van der Waals surface area (Å²) in [6.45, 7) is 3.85. The van der Waals surface area contributed by atoms with Gasteiger partial charge in [-0.15, -0.1) is 6.58 Å². The second-order valence-electron chi connectivity index (χ2n) is 5.58. The van der Waals surface area contributed by atoms with Gasteiger partial charge in [-0.05, 0) is 30.2 Å². The van der Waals surface area contributed by atoms with Gasteiger partial charge in [-0.2, -0.15) is 4.72 Å². The van der Waals surface area contributed by atoms with Gasteiger partial charge in [-0.1, -0.05) is 36.1 Å². The fourth-order valence-corrected chi connectivity index (χ4v) is 3.33. The van der Waals surface area contributed by atoms with Gasteiger partial charge in [0.15, 0.2) is 11.5 Å². The third-order valence-corrected chi connectivity index (χ3v) is 5.18. The number of hydrogen-bond donors (Lipinski definition) is 1. The van der Waals surface area contributed by atoms with E-state index >= 15 is 0 Å². The van der Waals surface area contributed by atoms with Crippen LogP contribution in [0.3, 0.4) is 0 Å². The molecule has 0 saturated heterocycles. The Morgan fingerprint density at radius 1 is 1.04 bits per heavy atom. The number of benzene rings is 2. The molecule has 0 spiro atoms. The van der Waals surface area contributed by atoms with Crippen LogP contribution in [0.4, 0.5) is 0 Å². The summed E-state index contributed by atoms with van der Waals surface area (Å²) in [5.74, 6) is 7.07. The molecule has 6 nitrogen and oxygen atoms in total. The van der Waals surface area contributed by atoms with Crippen LogP contribution in [0.1, 0.15) is 5.56 Å². The molecule has 0 aromatic heterocycles. The summed E-state index contributed by atoms with van der Waals surface area (Å²) in [4.78, 5) is 0.0709. The van der Waals surface area contributed by atoms with Crippen LogP contribution >= 0.6 is 0 Å². The molecule has 0 aliphatic carbocycles. The first-order valence-electron chi connectivity index (χ1n) is 8.51. The molecule has 7 heteroatoms. The molecule has 0 saturated carbocycles. The first-order valence-corrected chi connectivity index (χ1v) is 9.99. The van der Waals surface area contributed by atoms with Gasteiger partial charge in [-0.3, -0.25) is 0 Å². The average molecular weight is 401 g/mol. The Kier molecular flexibility index (Phi) is 7.93. The highest BCUT2D eigenvalue weighted by Crippen LogP contribution is 2.29. The number of sulfonamides is 1. The second-order valence-corrected chi connectivity index (χ2v) is 7.35. The molecular formula is C21H23NO5S. The highest BCUT2D eigenvalue weighted by Gasteiger charge is 2.16. The van der Waals surface area contributed by atoms with Crippen molar-refractivity contribution in [3.05, 3.63) is 60.7 Å². The molecule has 0 bridgehead atoms. The fourth-order valence-electron chi connectivity index (χ4n) is 2.39. The Morgan fingerprint density at radius 3 is 2.50 bits per heavy atom. The summed E-state index contributed by atoms with van der Waals surface area (Å²) in [7, 11) is -0.783. The summed E-state index contributed by atoms with van der Waals surface area (Å²) < 4.78 is 43.0. The zero-order valence-corrected chi connectivity index (χ0v) is 16.7. The standard InChI is InChI=1S/C21H23NO5S/c1-4-9-17-10-5-6-11-19(17)27-15-8-7-14-22-28(23,24)18-12-13-20(25-2)21(16-18)26-3/h4-6,10-13,16,22H,1,9,14-15H2,2-3H3. The first-order chi connectivity index (χ1) is 13.5. The lowest BCUT2D eigenvalue weighted by atomic mass is 10.1. The molecule has 0 atom stereocenters. The summed E-state index contributed by atoms with van der Waals surface area (Å²) >= 11 is 0. The van der Waals surface area contributed by atoms with Crippen molar-refractivity contribution in [2.75, 3.05) is 27.4 Å². The largest absolute Gasteiger partial charge is 0.493 e. The fraction of sp³-hybridized carbons (Fsp3) is 0.238. The van der Waals surface area contributed by atoms with Gasteiger partial charge in [0.05, 0.1) is 25.7 Å². The molecule has 148 valence electrons. The monoisotopic (exact) mass is 401 g/mol. The summed E-state index contributed by atoms with van der Waals surface area (Å²) in [6, 6.07) is 12.0. The third-order valence-electron chi connectivity index (χ3n) is 3.78. The highest BCUT2D eigenvalue weighted by atomic mass is 32.2. The van der Waals surface area contributed by atoms with E-state index in [1.165, 1.54) is 32.4 Å². The molecule has 2 aromatic carbocycles. The lowest BCUT2D eigenvalue weighted by Crippen LogP contribution is -2.24. The second kappa shape index (κ2) is 10.4. The molecule has 0 aliphatic rings. The minimum atomic E-state index is -3.71. The van der Waals surface area contributed by atoms with E-state index < -0.39 is 10.0 Å². The van der Waals surface area contributed by atoms with Crippen LogP contribution in [-0.2, 0) is 16.4 Å². The molecule has 0 fully saturated rings. The van der Waals surface area contributed by atoms with E-state index in [1.807, 2.05) is 24.3 Å². The number of allylic oxidation sites excluding steroid dienone is 1. The number of rotatable bonds is 9. The maximum Gasteiger partial charge on any atom is 0.241 e. The van der Waals surface area contributed by atoms with Gasteiger partial charge in [0.25, 0.3) is 0 Å². The molecule has 0 unspecified atom stereocenters. The van der Waals surface area contributed by atoms with Crippen molar-refractivity contribution in [2.45, 2.75) is 11.3 Å². The molecule has 28 heavy (non-hydrogen) atoms. The third kappa shape index (κ3) is 5.78. The van der Waals surface area contributed by atoms with Crippen molar-refractivity contribution in [1.29, 1.82) is 0 Å². The Labute approximate surface area is 166 Å². The van der Waals surface area contributed by atoms with Crippen molar-refractivity contribution >= 4 is 10.0 Å². The smallest absolute Gasteiger partial charge is 0.241 e. The lowest BCUT2D eigenvalue weighted by Gasteiger charge is -2.10. The van der Waals surface area contributed by atoms with Gasteiger partial charge < -0.3 is 14.2 Å². The van der Waals surface area contributed by atoms with E-state index in [1.54, 1.807) is 6.08 Å².